The van der Waals surface area contributed by atoms with Crippen LogP contribution in [0.3, 0.4) is 0 Å². The Balaban J connectivity index is 3.11. The van der Waals surface area contributed by atoms with Crippen molar-refractivity contribution in [3.8, 4) is 0 Å². The third-order valence-corrected chi connectivity index (χ3v) is 5.22. The molecule has 0 bridgehead atoms. The number of carboxylic acids is 1. The van der Waals surface area contributed by atoms with Crippen LogP contribution in [-0.4, -0.2) is 25.5 Å². The Bertz CT molecular complexity index is 518. The summed E-state index contributed by atoms with van der Waals surface area (Å²) in [6, 6.07) is 1.03. The molecule has 0 saturated carbocycles. The Hall–Kier alpha value is -0.920. The summed E-state index contributed by atoms with van der Waals surface area (Å²) in [6.45, 7) is 5.23. The predicted molar refractivity (Wildman–Crippen MR) is 66.1 cm³/mol. The van der Waals surface area contributed by atoms with E-state index in [1.807, 2.05) is 6.92 Å². The zero-order chi connectivity index (χ0) is 13.2. The molecule has 2 N–H and O–H groups in total. The number of hydrogen-bond donors (Lipinski definition) is 2. The topological polar surface area (TPSA) is 83.5 Å². The predicted octanol–water partition coefficient (Wildman–Crippen LogP) is 1.83. The zero-order valence-corrected chi connectivity index (χ0v) is 11.5. The van der Waals surface area contributed by atoms with Crippen LogP contribution >= 0.6 is 11.3 Å². The molecule has 7 heteroatoms. The van der Waals surface area contributed by atoms with Crippen molar-refractivity contribution in [2.45, 2.75) is 38.1 Å². The van der Waals surface area contributed by atoms with Crippen LogP contribution in [0.2, 0.25) is 0 Å². The monoisotopic (exact) mass is 277 g/mol. The number of nitrogens with one attached hydrogen (secondary N) is 1. The van der Waals surface area contributed by atoms with Gasteiger partial charge in [0, 0.05) is 10.9 Å². The Morgan fingerprint density at radius 2 is 2.18 bits per heavy atom. The lowest BCUT2D eigenvalue weighted by atomic mass is 10.3. The highest BCUT2D eigenvalue weighted by Gasteiger charge is 2.23. The van der Waals surface area contributed by atoms with Crippen LogP contribution in [0.4, 0.5) is 0 Å². The molecule has 0 aliphatic carbocycles. The molecule has 1 rings (SSSR count). The molecule has 1 heterocycles. The molecule has 0 saturated heterocycles. The van der Waals surface area contributed by atoms with Crippen LogP contribution in [0.15, 0.2) is 11.0 Å². The van der Waals surface area contributed by atoms with Crippen LogP contribution in [-0.2, 0) is 10.0 Å². The summed E-state index contributed by atoms with van der Waals surface area (Å²) in [4.78, 5) is 11.3. The van der Waals surface area contributed by atoms with E-state index >= 15 is 0 Å². The fraction of sp³-hybridized carbons (Fsp3) is 0.500. The quantitative estimate of drug-likeness (QED) is 0.860. The van der Waals surface area contributed by atoms with E-state index in [9.17, 15) is 13.2 Å². The summed E-state index contributed by atoms with van der Waals surface area (Å²) < 4.78 is 26.4. The van der Waals surface area contributed by atoms with Crippen molar-refractivity contribution in [2.24, 2.45) is 0 Å². The molecule has 1 aromatic heterocycles. The first-order chi connectivity index (χ1) is 7.77. The van der Waals surface area contributed by atoms with Gasteiger partial charge in [-0.3, -0.25) is 0 Å². The lowest BCUT2D eigenvalue weighted by molar-refractivity contribution is 0.0702. The third-order valence-electron chi connectivity index (χ3n) is 2.34. The van der Waals surface area contributed by atoms with E-state index in [-0.39, 0.29) is 15.8 Å². The second-order valence-electron chi connectivity index (χ2n) is 3.77. The standard InChI is InChI=1S/C10H15NO4S2/c1-4-6(2)11-17(14,15)9-5-8(10(12)13)16-7(9)3/h5-6,11H,4H2,1-3H3,(H,12,13). The largest absolute Gasteiger partial charge is 0.477 e. The number of thiophene rings is 1. The molecule has 0 amide bonds. The van der Waals surface area contributed by atoms with Gasteiger partial charge in [-0.25, -0.2) is 17.9 Å². The van der Waals surface area contributed by atoms with Gasteiger partial charge < -0.3 is 5.11 Å². The van der Waals surface area contributed by atoms with Gasteiger partial charge in [0.2, 0.25) is 10.0 Å². The minimum Gasteiger partial charge on any atom is -0.477 e. The van der Waals surface area contributed by atoms with Crippen molar-refractivity contribution in [1.29, 1.82) is 0 Å². The summed E-state index contributed by atoms with van der Waals surface area (Å²) in [5, 5.41) is 8.81. The first-order valence-electron chi connectivity index (χ1n) is 5.14. The molecule has 0 spiro atoms. The van der Waals surface area contributed by atoms with Gasteiger partial charge in [0.15, 0.2) is 0 Å². The molecule has 1 unspecified atom stereocenters. The minimum absolute atomic E-state index is 0.0343. The van der Waals surface area contributed by atoms with Crippen molar-refractivity contribution in [1.82, 2.24) is 4.72 Å². The van der Waals surface area contributed by atoms with Crippen molar-refractivity contribution >= 4 is 27.3 Å². The molecule has 1 aromatic rings. The van der Waals surface area contributed by atoms with Gasteiger partial charge in [-0.15, -0.1) is 11.3 Å². The van der Waals surface area contributed by atoms with E-state index in [1.165, 1.54) is 6.07 Å². The maximum atomic E-state index is 12.0. The van der Waals surface area contributed by atoms with Crippen LogP contribution in [0.25, 0.3) is 0 Å². The number of carboxylic acid groups (broad SMARTS) is 1. The molecular formula is C10H15NO4S2. The van der Waals surface area contributed by atoms with Gasteiger partial charge in [0.25, 0.3) is 0 Å². The molecule has 96 valence electrons. The molecule has 0 aliphatic heterocycles. The molecule has 0 radical (unpaired) electrons. The maximum Gasteiger partial charge on any atom is 0.345 e. The average molecular weight is 277 g/mol. The number of aryl methyl sites for hydroxylation is 1. The zero-order valence-electron chi connectivity index (χ0n) is 9.85. The Morgan fingerprint density at radius 3 is 2.59 bits per heavy atom. The highest BCUT2D eigenvalue weighted by Crippen LogP contribution is 2.25. The van der Waals surface area contributed by atoms with Gasteiger partial charge in [-0.2, -0.15) is 0 Å². The Kier molecular flexibility index (Phi) is 4.29. The van der Waals surface area contributed by atoms with Crippen molar-refractivity contribution < 1.29 is 18.3 Å². The van der Waals surface area contributed by atoms with Crippen LogP contribution in [0, 0.1) is 6.92 Å². The Labute approximate surface area is 105 Å². The highest BCUT2D eigenvalue weighted by molar-refractivity contribution is 7.89. The van der Waals surface area contributed by atoms with E-state index in [1.54, 1.807) is 13.8 Å². The second-order valence-corrected chi connectivity index (χ2v) is 6.71. The SMILES string of the molecule is CCC(C)NS(=O)(=O)c1cc(C(=O)O)sc1C. The molecule has 0 aliphatic rings. The van der Waals surface area contributed by atoms with E-state index in [0.717, 1.165) is 11.3 Å². The van der Waals surface area contributed by atoms with Crippen molar-refractivity contribution in [2.75, 3.05) is 0 Å². The van der Waals surface area contributed by atoms with Gasteiger partial charge in [-0.1, -0.05) is 6.92 Å². The summed E-state index contributed by atoms with van der Waals surface area (Å²) in [6.07, 6.45) is 0.675. The third kappa shape index (κ3) is 3.27. The molecule has 1 atom stereocenters. The number of aromatic carboxylic acids is 1. The van der Waals surface area contributed by atoms with Gasteiger partial charge in [-0.05, 0) is 26.3 Å². The average Bonchev–Trinajstić information content (AvgIpc) is 2.60. The van der Waals surface area contributed by atoms with Crippen LogP contribution < -0.4 is 4.72 Å². The normalized spacial score (nSPS) is 13.6. The van der Waals surface area contributed by atoms with Gasteiger partial charge in [0.05, 0.1) is 4.90 Å². The van der Waals surface area contributed by atoms with Crippen LogP contribution in [0.1, 0.15) is 34.8 Å². The minimum atomic E-state index is -3.62. The van der Waals surface area contributed by atoms with Crippen LogP contribution in [0.5, 0.6) is 0 Å². The fourth-order valence-corrected chi connectivity index (χ4v) is 4.01. The lowest BCUT2D eigenvalue weighted by Crippen LogP contribution is -2.32. The van der Waals surface area contributed by atoms with E-state index in [0.29, 0.717) is 11.3 Å². The van der Waals surface area contributed by atoms with Crippen molar-refractivity contribution in [3.05, 3.63) is 15.8 Å². The summed E-state index contributed by atoms with van der Waals surface area (Å²) in [7, 11) is -3.62. The molecule has 0 aromatic carbocycles. The summed E-state index contributed by atoms with van der Waals surface area (Å²) in [5.41, 5.74) is 0. The molecule has 0 fully saturated rings. The summed E-state index contributed by atoms with van der Waals surface area (Å²) >= 11 is 0.965. The maximum absolute atomic E-state index is 12.0. The smallest absolute Gasteiger partial charge is 0.345 e. The Morgan fingerprint density at radius 1 is 1.59 bits per heavy atom. The number of sulfonamides is 1. The fourth-order valence-electron chi connectivity index (χ4n) is 1.25. The number of rotatable bonds is 5. The highest BCUT2D eigenvalue weighted by atomic mass is 32.2. The molecule has 17 heavy (non-hydrogen) atoms. The van der Waals surface area contributed by atoms with E-state index in [4.69, 9.17) is 5.11 Å². The second kappa shape index (κ2) is 5.16. The lowest BCUT2D eigenvalue weighted by Gasteiger charge is -2.11. The summed E-state index contributed by atoms with van der Waals surface area (Å²) in [5.74, 6) is -1.11. The first kappa shape index (κ1) is 14.1. The molecular weight excluding hydrogens is 262 g/mol. The van der Waals surface area contributed by atoms with Gasteiger partial charge in [0.1, 0.15) is 4.88 Å². The number of carbonyl (C=O) groups is 1. The molecule has 5 nitrogen and oxygen atoms in total. The first-order valence-corrected chi connectivity index (χ1v) is 7.44. The van der Waals surface area contributed by atoms with Crippen molar-refractivity contribution in [3.63, 3.8) is 0 Å². The van der Waals surface area contributed by atoms with E-state index in [2.05, 4.69) is 4.72 Å². The number of hydrogen-bond acceptors (Lipinski definition) is 4. The van der Waals surface area contributed by atoms with E-state index < -0.39 is 16.0 Å². The van der Waals surface area contributed by atoms with Gasteiger partial charge >= 0.3 is 5.97 Å².